The van der Waals surface area contributed by atoms with E-state index in [1.165, 1.54) is 23.1 Å². The number of amides is 1. The molecule has 0 saturated carbocycles. The number of carbonyl (C=O) groups is 1. The van der Waals surface area contributed by atoms with E-state index in [1.807, 2.05) is 51.1 Å². The molecule has 0 saturated heterocycles. The molecule has 8 nitrogen and oxygen atoms in total. The van der Waals surface area contributed by atoms with E-state index in [9.17, 15) is 4.79 Å². The maximum Gasteiger partial charge on any atom is 0.276 e. The van der Waals surface area contributed by atoms with Gasteiger partial charge >= 0.3 is 0 Å². The zero-order chi connectivity index (χ0) is 21.8. The summed E-state index contributed by atoms with van der Waals surface area (Å²) in [7, 11) is 0. The van der Waals surface area contributed by atoms with Crippen LogP contribution >= 0.6 is 35.3 Å². The Morgan fingerprint density at radius 2 is 2.19 bits per heavy atom. The fourth-order valence-electron chi connectivity index (χ4n) is 3.04. The highest BCUT2D eigenvalue weighted by Crippen LogP contribution is 2.23. The number of rotatable bonds is 8. The number of hydrogen-bond donors (Lipinski definition) is 2. The highest BCUT2D eigenvalue weighted by atomic mass is 32.2. The first-order chi connectivity index (χ1) is 15.1. The van der Waals surface area contributed by atoms with Gasteiger partial charge in [0.1, 0.15) is 11.5 Å². The molecule has 0 atom stereocenters. The molecule has 1 aromatic carbocycles. The van der Waals surface area contributed by atoms with Gasteiger partial charge in [0.25, 0.3) is 5.91 Å². The molecule has 1 amide bonds. The smallest absolute Gasteiger partial charge is 0.276 e. The van der Waals surface area contributed by atoms with Crippen molar-refractivity contribution < 1.29 is 4.79 Å². The molecule has 0 aliphatic rings. The molecule has 0 spiro atoms. The van der Waals surface area contributed by atoms with E-state index in [0.717, 1.165) is 22.4 Å². The van der Waals surface area contributed by atoms with Crippen LogP contribution in [0.1, 0.15) is 22.0 Å². The van der Waals surface area contributed by atoms with Gasteiger partial charge in [-0.05, 0) is 30.6 Å². The molecule has 3 heterocycles. The maximum absolute atomic E-state index is 13.0. The number of thioether (sulfide) groups is 1. The summed E-state index contributed by atoms with van der Waals surface area (Å²) in [6.45, 7) is 4.32. The van der Waals surface area contributed by atoms with Crippen LogP contribution in [-0.2, 0) is 13.0 Å². The number of benzene rings is 1. The summed E-state index contributed by atoms with van der Waals surface area (Å²) in [6.07, 6.45) is 5.76. The fourth-order valence-corrected chi connectivity index (χ4v) is 4.51. The summed E-state index contributed by atoms with van der Waals surface area (Å²) in [6, 6.07) is 9.67. The first-order valence-corrected chi connectivity index (χ1v) is 11.8. The third kappa shape index (κ3) is 4.53. The van der Waals surface area contributed by atoms with Crippen LogP contribution in [0.4, 0.5) is 5.13 Å². The molecule has 2 N–H and O–H groups in total. The van der Waals surface area contributed by atoms with Crippen LogP contribution in [0.15, 0.2) is 59.7 Å². The Kier molecular flexibility index (Phi) is 6.44. The van der Waals surface area contributed by atoms with E-state index >= 15 is 0 Å². The first-order valence-electron chi connectivity index (χ1n) is 9.28. The number of thiazole rings is 1. The second-order valence-corrected chi connectivity index (χ2v) is 8.44. The SMILES string of the molecule is C=CCn1c(Cc2csc(NC(=O)c3cnc(SC)n3-c3ccccc3)n2)n[nH]c1=S. The molecule has 4 aromatic rings. The van der Waals surface area contributed by atoms with Crippen LogP contribution in [0, 0.1) is 4.77 Å². The van der Waals surface area contributed by atoms with Crippen molar-refractivity contribution in [3.63, 3.8) is 0 Å². The van der Waals surface area contributed by atoms with Crippen molar-refractivity contribution in [3.8, 4) is 5.69 Å². The van der Waals surface area contributed by atoms with Gasteiger partial charge in [-0.2, -0.15) is 5.10 Å². The van der Waals surface area contributed by atoms with Crippen molar-refractivity contribution in [2.75, 3.05) is 11.6 Å². The standard InChI is InChI=1S/C20H19N7OS3/c1-3-9-26-16(24-25-19(26)29)10-13-12-31-18(22-13)23-17(28)15-11-21-20(30-2)27(15)14-7-5-4-6-8-14/h3-8,11-12H,1,9-10H2,2H3,(H,25,29)(H,22,23,28). The molecule has 158 valence electrons. The predicted octanol–water partition coefficient (Wildman–Crippen LogP) is 4.33. The fraction of sp³-hybridized carbons (Fsp3) is 0.150. The molecule has 0 aliphatic heterocycles. The van der Waals surface area contributed by atoms with Crippen molar-refractivity contribution in [1.29, 1.82) is 0 Å². The third-order valence-electron chi connectivity index (χ3n) is 4.42. The van der Waals surface area contributed by atoms with Crippen molar-refractivity contribution in [3.05, 3.63) is 76.5 Å². The number of H-pyrrole nitrogens is 1. The Balaban J connectivity index is 1.54. The van der Waals surface area contributed by atoms with Gasteiger partial charge in [-0.3, -0.25) is 24.3 Å². The van der Waals surface area contributed by atoms with Gasteiger partial charge in [-0.25, -0.2) is 9.97 Å². The van der Waals surface area contributed by atoms with E-state index in [-0.39, 0.29) is 5.91 Å². The molecular weight excluding hydrogens is 450 g/mol. The third-order valence-corrected chi connectivity index (χ3v) is 6.19. The molecule has 4 rings (SSSR count). The van der Waals surface area contributed by atoms with Gasteiger partial charge in [0, 0.05) is 17.6 Å². The van der Waals surface area contributed by atoms with Gasteiger partial charge in [0.2, 0.25) is 0 Å². The normalized spacial score (nSPS) is 10.9. The van der Waals surface area contributed by atoms with Crippen LogP contribution in [0.5, 0.6) is 0 Å². The number of para-hydroxylation sites is 1. The number of anilines is 1. The number of allylic oxidation sites excluding steroid dienone is 1. The Morgan fingerprint density at radius 1 is 1.39 bits per heavy atom. The van der Waals surface area contributed by atoms with Crippen LogP contribution in [0.2, 0.25) is 0 Å². The number of imidazole rings is 1. The second kappa shape index (κ2) is 9.41. The highest BCUT2D eigenvalue weighted by molar-refractivity contribution is 7.98. The zero-order valence-electron chi connectivity index (χ0n) is 16.6. The monoisotopic (exact) mass is 469 g/mol. The summed E-state index contributed by atoms with van der Waals surface area (Å²) in [5.74, 6) is 0.492. The summed E-state index contributed by atoms with van der Waals surface area (Å²) >= 11 is 8.09. The van der Waals surface area contributed by atoms with Gasteiger partial charge in [-0.15, -0.1) is 17.9 Å². The number of nitrogens with zero attached hydrogens (tertiary/aromatic N) is 5. The van der Waals surface area contributed by atoms with E-state index in [0.29, 0.717) is 28.6 Å². The Morgan fingerprint density at radius 3 is 2.94 bits per heavy atom. The minimum Gasteiger partial charge on any atom is -0.300 e. The lowest BCUT2D eigenvalue weighted by Crippen LogP contribution is -2.16. The van der Waals surface area contributed by atoms with Crippen molar-refractivity contribution >= 4 is 46.4 Å². The van der Waals surface area contributed by atoms with Crippen LogP contribution < -0.4 is 5.32 Å². The predicted molar refractivity (Wildman–Crippen MR) is 126 cm³/mol. The minimum atomic E-state index is -0.271. The number of nitrogens with one attached hydrogen (secondary N) is 2. The van der Waals surface area contributed by atoms with Gasteiger partial charge in [-0.1, -0.05) is 36.0 Å². The summed E-state index contributed by atoms with van der Waals surface area (Å²) < 4.78 is 4.24. The van der Waals surface area contributed by atoms with Crippen LogP contribution in [0.3, 0.4) is 0 Å². The molecule has 0 aliphatic carbocycles. The minimum absolute atomic E-state index is 0.271. The van der Waals surface area contributed by atoms with Gasteiger partial charge < -0.3 is 0 Å². The maximum atomic E-state index is 13.0. The number of carbonyl (C=O) groups excluding carboxylic acids is 1. The van der Waals surface area contributed by atoms with Crippen molar-refractivity contribution in [1.82, 2.24) is 29.3 Å². The number of aromatic amines is 1. The lowest BCUT2D eigenvalue weighted by atomic mass is 10.3. The largest absolute Gasteiger partial charge is 0.300 e. The van der Waals surface area contributed by atoms with Crippen molar-refractivity contribution in [2.45, 2.75) is 18.1 Å². The van der Waals surface area contributed by atoms with E-state index in [4.69, 9.17) is 12.2 Å². The molecule has 0 radical (unpaired) electrons. The van der Waals surface area contributed by atoms with Gasteiger partial charge in [0.05, 0.1) is 18.3 Å². The number of hydrogen-bond acceptors (Lipinski definition) is 7. The molecule has 11 heteroatoms. The molecule has 0 unspecified atom stereocenters. The lowest BCUT2D eigenvalue weighted by Gasteiger charge is -2.10. The lowest BCUT2D eigenvalue weighted by molar-refractivity contribution is 0.102. The molecule has 31 heavy (non-hydrogen) atoms. The molecule has 0 fully saturated rings. The first kappa shape index (κ1) is 21.2. The Hall–Kier alpha value is -3.02. The van der Waals surface area contributed by atoms with Gasteiger partial charge in [0.15, 0.2) is 15.1 Å². The molecule has 0 bridgehead atoms. The summed E-state index contributed by atoms with van der Waals surface area (Å²) in [5, 5.41) is 13.1. The van der Waals surface area contributed by atoms with E-state index in [2.05, 4.69) is 32.1 Å². The van der Waals surface area contributed by atoms with E-state index in [1.54, 1.807) is 12.3 Å². The highest BCUT2D eigenvalue weighted by Gasteiger charge is 2.19. The average molecular weight is 470 g/mol. The Labute approximate surface area is 192 Å². The molecular formula is C20H19N7OS3. The summed E-state index contributed by atoms with van der Waals surface area (Å²) in [5.41, 5.74) is 2.11. The van der Waals surface area contributed by atoms with Crippen LogP contribution in [0.25, 0.3) is 5.69 Å². The number of aromatic nitrogens is 6. The average Bonchev–Trinajstić information content (AvgIpc) is 3.49. The zero-order valence-corrected chi connectivity index (χ0v) is 19.1. The molecule has 3 aromatic heterocycles. The quantitative estimate of drug-likeness (QED) is 0.227. The second-order valence-electron chi connectivity index (χ2n) is 6.42. The van der Waals surface area contributed by atoms with Crippen LogP contribution in [-0.4, -0.2) is 41.5 Å². The Bertz CT molecular complexity index is 1270. The summed E-state index contributed by atoms with van der Waals surface area (Å²) in [4.78, 5) is 21.9. The van der Waals surface area contributed by atoms with Crippen molar-refractivity contribution in [2.24, 2.45) is 0 Å². The van der Waals surface area contributed by atoms with E-state index < -0.39 is 0 Å². The topological polar surface area (TPSA) is 93.4 Å².